The minimum atomic E-state index is 0.876. The van der Waals surface area contributed by atoms with Crippen LogP contribution in [0.5, 0.6) is 0 Å². The van der Waals surface area contributed by atoms with Crippen molar-refractivity contribution < 1.29 is 0 Å². The fraction of sp³-hybridized carbons (Fsp3) is 0.100. The highest BCUT2D eigenvalue weighted by Crippen LogP contribution is 2.28. The summed E-state index contributed by atoms with van der Waals surface area (Å²) in [5.41, 5.74) is 6.04. The molecule has 0 radical (unpaired) electrons. The highest BCUT2D eigenvalue weighted by molar-refractivity contribution is 5.66. The number of aryl methyl sites for hydroxylation is 2. The van der Waals surface area contributed by atoms with E-state index in [1.165, 1.54) is 0 Å². The van der Waals surface area contributed by atoms with Crippen LogP contribution in [0.3, 0.4) is 0 Å². The lowest BCUT2D eigenvalue weighted by atomic mass is 10.2. The van der Waals surface area contributed by atoms with Crippen molar-refractivity contribution in [1.29, 1.82) is 0 Å². The molecule has 0 bridgehead atoms. The smallest absolute Gasteiger partial charge is 0.138 e. The summed E-state index contributed by atoms with van der Waals surface area (Å²) in [5, 5.41) is 4.64. The summed E-state index contributed by atoms with van der Waals surface area (Å²) in [6, 6.07) is 22.4. The van der Waals surface area contributed by atoms with Gasteiger partial charge in [0.1, 0.15) is 11.5 Å². The van der Waals surface area contributed by atoms with Crippen molar-refractivity contribution in [3.05, 3.63) is 78.1 Å². The fourth-order valence-electron chi connectivity index (χ4n) is 2.88. The highest BCUT2D eigenvalue weighted by Gasteiger charge is 2.16. The van der Waals surface area contributed by atoms with E-state index in [1.54, 1.807) is 0 Å². The molecule has 0 amide bonds. The van der Waals surface area contributed by atoms with Crippen LogP contribution in [0.25, 0.3) is 28.5 Å². The van der Waals surface area contributed by atoms with Crippen molar-refractivity contribution in [3.63, 3.8) is 0 Å². The first-order valence-corrected chi connectivity index (χ1v) is 7.97. The molecule has 1 N–H and O–H groups in total. The quantitative estimate of drug-likeness (QED) is 0.603. The van der Waals surface area contributed by atoms with E-state index in [0.29, 0.717) is 0 Å². The monoisotopic (exact) mass is 314 g/mol. The van der Waals surface area contributed by atoms with E-state index in [4.69, 9.17) is 4.98 Å². The Bertz CT molecular complexity index is 966. The third kappa shape index (κ3) is 2.52. The Labute approximate surface area is 140 Å². The average molecular weight is 314 g/mol. The second-order valence-corrected chi connectivity index (χ2v) is 5.84. The summed E-state index contributed by atoms with van der Waals surface area (Å²) < 4.78 is 1.95. The van der Waals surface area contributed by atoms with Crippen LogP contribution in [0.15, 0.2) is 66.7 Å². The van der Waals surface area contributed by atoms with Crippen molar-refractivity contribution in [1.82, 2.24) is 19.7 Å². The van der Waals surface area contributed by atoms with E-state index < -0.39 is 0 Å². The van der Waals surface area contributed by atoms with Crippen molar-refractivity contribution in [2.75, 3.05) is 0 Å². The average Bonchev–Trinajstić information content (AvgIpc) is 3.19. The second kappa shape index (κ2) is 5.81. The number of hydrogen-bond acceptors (Lipinski definition) is 2. The van der Waals surface area contributed by atoms with Gasteiger partial charge in [0.2, 0.25) is 0 Å². The molecule has 2 aromatic carbocycles. The zero-order valence-corrected chi connectivity index (χ0v) is 13.7. The summed E-state index contributed by atoms with van der Waals surface area (Å²) in [5.74, 6) is 0.876. The molecular formula is C20H18N4. The van der Waals surface area contributed by atoms with Gasteiger partial charge in [0.05, 0.1) is 17.1 Å². The van der Waals surface area contributed by atoms with Gasteiger partial charge in [-0.1, -0.05) is 48.5 Å². The number of H-pyrrole nitrogens is 1. The summed E-state index contributed by atoms with van der Waals surface area (Å²) in [7, 11) is 0. The van der Waals surface area contributed by atoms with E-state index in [2.05, 4.69) is 40.4 Å². The van der Waals surface area contributed by atoms with E-state index in [1.807, 2.05) is 54.9 Å². The van der Waals surface area contributed by atoms with Gasteiger partial charge in [-0.15, -0.1) is 0 Å². The molecule has 2 aromatic heterocycles. The highest BCUT2D eigenvalue weighted by atomic mass is 15.3. The topological polar surface area (TPSA) is 46.5 Å². The van der Waals surface area contributed by atoms with Gasteiger partial charge >= 0.3 is 0 Å². The molecule has 0 aliphatic heterocycles. The fourth-order valence-corrected chi connectivity index (χ4v) is 2.88. The van der Waals surface area contributed by atoms with Crippen LogP contribution in [0, 0.1) is 13.8 Å². The summed E-state index contributed by atoms with van der Waals surface area (Å²) in [6.07, 6.45) is 0. The van der Waals surface area contributed by atoms with Gasteiger partial charge in [-0.3, -0.25) is 0 Å². The van der Waals surface area contributed by atoms with Gasteiger partial charge in [-0.25, -0.2) is 9.67 Å². The minimum absolute atomic E-state index is 0.876. The molecule has 4 heteroatoms. The lowest BCUT2D eigenvalue weighted by Gasteiger charge is -2.06. The van der Waals surface area contributed by atoms with Crippen LogP contribution in [0.2, 0.25) is 0 Å². The van der Waals surface area contributed by atoms with Gasteiger partial charge in [0, 0.05) is 11.3 Å². The number of para-hydroxylation sites is 1. The number of aromatic amines is 1. The first kappa shape index (κ1) is 14.5. The first-order valence-electron chi connectivity index (χ1n) is 7.97. The molecule has 0 saturated carbocycles. The number of aromatic nitrogens is 4. The standard InChI is InChI=1S/C20H18N4/c1-14-13-18(24(23-14)17-11-7-4-8-12-17)19-15(2)21-20(22-19)16-9-5-3-6-10-16/h3-13H,1-2H3,(H,21,22). The normalized spacial score (nSPS) is 10.9. The summed E-state index contributed by atoms with van der Waals surface area (Å²) in [4.78, 5) is 8.23. The van der Waals surface area contributed by atoms with Gasteiger partial charge < -0.3 is 4.98 Å². The molecule has 0 saturated heterocycles. The number of hydrogen-bond donors (Lipinski definition) is 1. The number of nitrogens with one attached hydrogen (secondary N) is 1. The summed E-state index contributed by atoms with van der Waals surface area (Å²) in [6.45, 7) is 4.05. The van der Waals surface area contributed by atoms with Gasteiger partial charge in [-0.05, 0) is 32.0 Å². The van der Waals surface area contributed by atoms with Crippen LogP contribution in [0.4, 0.5) is 0 Å². The van der Waals surface area contributed by atoms with Crippen LogP contribution in [-0.2, 0) is 0 Å². The maximum Gasteiger partial charge on any atom is 0.138 e. The van der Waals surface area contributed by atoms with E-state index in [0.717, 1.165) is 39.9 Å². The van der Waals surface area contributed by atoms with Crippen LogP contribution in [-0.4, -0.2) is 19.7 Å². The number of benzene rings is 2. The summed E-state index contributed by atoms with van der Waals surface area (Å²) >= 11 is 0. The molecule has 4 nitrogen and oxygen atoms in total. The van der Waals surface area contributed by atoms with E-state index in [-0.39, 0.29) is 0 Å². The molecule has 0 unspecified atom stereocenters. The number of imidazole rings is 1. The maximum absolute atomic E-state index is 4.83. The molecular weight excluding hydrogens is 296 g/mol. The van der Waals surface area contributed by atoms with Gasteiger partial charge in [-0.2, -0.15) is 5.10 Å². The molecule has 4 aromatic rings. The predicted octanol–water partition coefficient (Wildman–Crippen LogP) is 4.55. The molecule has 118 valence electrons. The molecule has 0 spiro atoms. The largest absolute Gasteiger partial charge is 0.341 e. The zero-order valence-electron chi connectivity index (χ0n) is 13.7. The molecule has 4 rings (SSSR count). The molecule has 24 heavy (non-hydrogen) atoms. The third-order valence-corrected chi connectivity index (χ3v) is 4.01. The Morgan fingerprint density at radius 2 is 1.54 bits per heavy atom. The van der Waals surface area contributed by atoms with Crippen LogP contribution in [0.1, 0.15) is 11.4 Å². The molecule has 0 aliphatic rings. The maximum atomic E-state index is 4.83. The molecule has 0 aliphatic carbocycles. The number of rotatable bonds is 3. The Morgan fingerprint density at radius 3 is 2.25 bits per heavy atom. The Hall–Kier alpha value is -3.14. The SMILES string of the molecule is Cc1cc(-c2nc(-c3ccccc3)[nH]c2C)n(-c2ccccc2)n1. The molecule has 0 fully saturated rings. The Kier molecular flexibility index (Phi) is 3.50. The molecule has 2 heterocycles. The van der Waals surface area contributed by atoms with Crippen LogP contribution >= 0.6 is 0 Å². The van der Waals surface area contributed by atoms with Crippen molar-refractivity contribution in [2.24, 2.45) is 0 Å². The lowest BCUT2D eigenvalue weighted by Crippen LogP contribution is -1.99. The minimum Gasteiger partial charge on any atom is -0.341 e. The Morgan fingerprint density at radius 1 is 0.875 bits per heavy atom. The number of nitrogens with zero attached hydrogens (tertiary/aromatic N) is 3. The van der Waals surface area contributed by atoms with Crippen LogP contribution < -0.4 is 0 Å². The van der Waals surface area contributed by atoms with E-state index in [9.17, 15) is 0 Å². The Balaban J connectivity index is 1.85. The predicted molar refractivity (Wildman–Crippen MR) is 96.1 cm³/mol. The third-order valence-electron chi connectivity index (χ3n) is 4.01. The van der Waals surface area contributed by atoms with Crippen molar-refractivity contribution in [2.45, 2.75) is 13.8 Å². The zero-order chi connectivity index (χ0) is 16.5. The van der Waals surface area contributed by atoms with Gasteiger partial charge in [0.25, 0.3) is 0 Å². The van der Waals surface area contributed by atoms with Gasteiger partial charge in [0.15, 0.2) is 0 Å². The lowest BCUT2D eigenvalue weighted by molar-refractivity contribution is 0.866. The van der Waals surface area contributed by atoms with Crippen molar-refractivity contribution >= 4 is 0 Å². The molecule has 0 atom stereocenters. The van der Waals surface area contributed by atoms with E-state index >= 15 is 0 Å². The van der Waals surface area contributed by atoms with Crippen molar-refractivity contribution in [3.8, 4) is 28.5 Å². The second-order valence-electron chi connectivity index (χ2n) is 5.84. The first-order chi connectivity index (χ1) is 11.7.